The van der Waals surface area contributed by atoms with Crippen molar-refractivity contribution in [1.29, 1.82) is 5.26 Å². The van der Waals surface area contributed by atoms with E-state index in [-0.39, 0.29) is 17.5 Å². The van der Waals surface area contributed by atoms with E-state index in [4.69, 9.17) is 5.26 Å². The first kappa shape index (κ1) is 13.4. The van der Waals surface area contributed by atoms with Gasteiger partial charge in [-0.25, -0.2) is 8.42 Å². The minimum Gasteiger partial charge on any atom is -0.302 e. The minimum atomic E-state index is -2.79. The highest BCUT2D eigenvalue weighted by molar-refractivity contribution is 7.91. The average Bonchev–Trinajstić information content (AvgIpc) is 2.26. The molecule has 1 rings (SSSR count). The molecule has 1 aliphatic rings. The van der Waals surface area contributed by atoms with Crippen LogP contribution in [0.1, 0.15) is 13.3 Å². The van der Waals surface area contributed by atoms with Crippen molar-refractivity contribution in [3.63, 3.8) is 0 Å². The van der Waals surface area contributed by atoms with Gasteiger partial charge in [0.05, 0.1) is 23.6 Å². The molecule has 1 saturated heterocycles. The van der Waals surface area contributed by atoms with Crippen molar-refractivity contribution >= 4 is 9.84 Å². The van der Waals surface area contributed by atoms with E-state index in [1.807, 2.05) is 6.92 Å². The third-order valence-electron chi connectivity index (χ3n) is 2.78. The number of hydrogen-bond acceptors (Lipinski definition) is 5. The fourth-order valence-corrected chi connectivity index (χ4v) is 3.02. The Bertz CT molecular complexity index is 334. The first-order valence-corrected chi connectivity index (χ1v) is 7.45. The highest BCUT2D eigenvalue weighted by Crippen LogP contribution is 2.05. The quantitative estimate of drug-likeness (QED) is 0.714. The van der Waals surface area contributed by atoms with E-state index in [0.717, 1.165) is 19.5 Å². The normalized spacial score (nSPS) is 22.5. The van der Waals surface area contributed by atoms with Crippen LogP contribution in [0.4, 0.5) is 0 Å². The van der Waals surface area contributed by atoms with Gasteiger partial charge in [0.2, 0.25) is 0 Å². The van der Waals surface area contributed by atoms with Gasteiger partial charge in [0, 0.05) is 19.6 Å². The summed E-state index contributed by atoms with van der Waals surface area (Å²) in [5, 5.41) is 11.9. The van der Waals surface area contributed by atoms with Gasteiger partial charge in [-0.05, 0) is 13.0 Å². The zero-order valence-corrected chi connectivity index (χ0v) is 10.5. The second-order valence-corrected chi connectivity index (χ2v) is 6.33. The summed E-state index contributed by atoms with van der Waals surface area (Å²) >= 11 is 0. The van der Waals surface area contributed by atoms with Crippen molar-refractivity contribution in [3.8, 4) is 6.07 Å². The average molecular weight is 245 g/mol. The molecule has 1 unspecified atom stereocenters. The molecule has 16 heavy (non-hydrogen) atoms. The Morgan fingerprint density at radius 2 is 2.06 bits per heavy atom. The molecule has 5 nitrogen and oxygen atoms in total. The second-order valence-electron chi connectivity index (χ2n) is 4.02. The van der Waals surface area contributed by atoms with Crippen molar-refractivity contribution < 1.29 is 8.42 Å². The molecule has 0 aromatic rings. The fourth-order valence-electron chi connectivity index (χ4n) is 1.74. The van der Waals surface area contributed by atoms with Crippen LogP contribution in [0.5, 0.6) is 0 Å². The maximum absolute atomic E-state index is 11.2. The van der Waals surface area contributed by atoms with Crippen LogP contribution in [-0.4, -0.2) is 57.0 Å². The molecule has 1 N–H and O–H groups in total. The van der Waals surface area contributed by atoms with Crippen LogP contribution in [0, 0.1) is 11.3 Å². The molecule has 0 spiro atoms. The molecule has 0 aromatic heterocycles. The Morgan fingerprint density at radius 1 is 1.44 bits per heavy atom. The van der Waals surface area contributed by atoms with Gasteiger partial charge in [-0.15, -0.1) is 0 Å². The van der Waals surface area contributed by atoms with Crippen LogP contribution < -0.4 is 5.32 Å². The molecular formula is C10H19N3O2S. The molecule has 1 atom stereocenters. The number of nitrogens with one attached hydrogen (secondary N) is 1. The lowest BCUT2D eigenvalue weighted by Crippen LogP contribution is -2.42. The van der Waals surface area contributed by atoms with Gasteiger partial charge < -0.3 is 10.2 Å². The summed E-state index contributed by atoms with van der Waals surface area (Å²) in [5.74, 6) is 0.511. The molecule has 0 radical (unpaired) electrons. The van der Waals surface area contributed by atoms with Gasteiger partial charge >= 0.3 is 0 Å². The molecular weight excluding hydrogens is 226 g/mol. The van der Waals surface area contributed by atoms with E-state index in [1.54, 1.807) is 0 Å². The summed E-state index contributed by atoms with van der Waals surface area (Å²) in [7, 11) is -2.79. The molecule has 6 heteroatoms. The summed E-state index contributed by atoms with van der Waals surface area (Å²) in [6.45, 7) is 4.75. The maximum Gasteiger partial charge on any atom is 0.152 e. The summed E-state index contributed by atoms with van der Waals surface area (Å²) in [4.78, 5) is 2.11. The Kier molecular flexibility index (Phi) is 5.19. The van der Waals surface area contributed by atoms with Gasteiger partial charge in [0.25, 0.3) is 0 Å². The number of sulfone groups is 1. The van der Waals surface area contributed by atoms with Crippen molar-refractivity contribution in [2.75, 3.05) is 37.7 Å². The van der Waals surface area contributed by atoms with E-state index in [2.05, 4.69) is 16.3 Å². The Hall–Kier alpha value is -0.640. The monoisotopic (exact) mass is 245 g/mol. The standard InChI is InChI=1S/C10H19N3O2S/c1-2-12-10(9-11)3-4-13-5-7-16(14,15)8-6-13/h10,12H,2-8H2,1H3. The summed E-state index contributed by atoms with van der Waals surface area (Å²) in [5.41, 5.74) is 0. The topological polar surface area (TPSA) is 73.2 Å². The fraction of sp³-hybridized carbons (Fsp3) is 0.900. The van der Waals surface area contributed by atoms with E-state index < -0.39 is 9.84 Å². The van der Waals surface area contributed by atoms with Crippen molar-refractivity contribution in [1.82, 2.24) is 10.2 Å². The predicted molar refractivity (Wildman–Crippen MR) is 62.8 cm³/mol. The van der Waals surface area contributed by atoms with Gasteiger partial charge in [-0.1, -0.05) is 6.92 Å². The molecule has 0 bridgehead atoms. The number of nitrogens with zero attached hydrogens (tertiary/aromatic N) is 2. The molecule has 1 fully saturated rings. The molecule has 0 amide bonds. The van der Waals surface area contributed by atoms with Crippen molar-refractivity contribution in [3.05, 3.63) is 0 Å². The minimum absolute atomic E-state index is 0.122. The van der Waals surface area contributed by atoms with E-state index >= 15 is 0 Å². The maximum atomic E-state index is 11.2. The SMILES string of the molecule is CCNC(C#N)CCN1CCS(=O)(=O)CC1. The lowest BCUT2D eigenvalue weighted by molar-refractivity contribution is 0.283. The van der Waals surface area contributed by atoms with E-state index in [1.165, 1.54) is 0 Å². The summed E-state index contributed by atoms with van der Waals surface area (Å²) < 4.78 is 22.4. The van der Waals surface area contributed by atoms with E-state index in [0.29, 0.717) is 13.1 Å². The van der Waals surface area contributed by atoms with Crippen LogP contribution in [0.2, 0.25) is 0 Å². The van der Waals surface area contributed by atoms with Crippen molar-refractivity contribution in [2.45, 2.75) is 19.4 Å². The van der Waals surface area contributed by atoms with Crippen molar-refractivity contribution in [2.24, 2.45) is 0 Å². The molecule has 1 heterocycles. The Labute approximate surface area is 97.3 Å². The zero-order valence-electron chi connectivity index (χ0n) is 9.65. The van der Waals surface area contributed by atoms with Crippen LogP contribution in [-0.2, 0) is 9.84 Å². The largest absolute Gasteiger partial charge is 0.302 e. The Morgan fingerprint density at radius 3 is 2.56 bits per heavy atom. The molecule has 0 aliphatic carbocycles. The summed E-state index contributed by atoms with van der Waals surface area (Å²) in [6.07, 6.45) is 0.754. The van der Waals surface area contributed by atoms with E-state index in [9.17, 15) is 8.42 Å². The molecule has 92 valence electrons. The van der Waals surface area contributed by atoms with Crippen LogP contribution in [0.25, 0.3) is 0 Å². The van der Waals surface area contributed by atoms with Gasteiger partial charge in [0.1, 0.15) is 0 Å². The van der Waals surface area contributed by atoms with Gasteiger partial charge in [-0.2, -0.15) is 5.26 Å². The first-order chi connectivity index (χ1) is 7.57. The summed E-state index contributed by atoms with van der Waals surface area (Å²) in [6, 6.07) is 2.08. The number of rotatable bonds is 5. The third-order valence-corrected chi connectivity index (χ3v) is 4.39. The number of nitriles is 1. The lowest BCUT2D eigenvalue weighted by atomic mass is 10.2. The highest BCUT2D eigenvalue weighted by atomic mass is 32.2. The van der Waals surface area contributed by atoms with Crippen LogP contribution >= 0.6 is 0 Å². The lowest BCUT2D eigenvalue weighted by Gasteiger charge is -2.27. The Balaban J connectivity index is 2.27. The molecule has 1 aliphatic heterocycles. The van der Waals surface area contributed by atoms with Crippen LogP contribution in [0.3, 0.4) is 0 Å². The smallest absolute Gasteiger partial charge is 0.152 e. The second kappa shape index (κ2) is 6.18. The zero-order chi connectivity index (χ0) is 12.0. The van der Waals surface area contributed by atoms with Gasteiger partial charge in [0.15, 0.2) is 9.84 Å². The highest BCUT2D eigenvalue weighted by Gasteiger charge is 2.21. The molecule has 0 saturated carbocycles. The third kappa shape index (κ3) is 4.47. The van der Waals surface area contributed by atoms with Crippen LogP contribution in [0.15, 0.2) is 0 Å². The number of hydrogen-bond donors (Lipinski definition) is 1. The molecule has 0 aromatic carbocycles. The van der Waals surface area contributed by atoms with Gasteiger partial charge in [-0.3, -0.25) is 0 Å². The first-order valence-electron chi connectivity index (χ1n) is 5.63. The predicted octanol–water partition coefficient (Wildman–Crippen LogP) is -0.391.